The minimum Gasteiger partial charge on any atom is -0.486 e. The number of amides is 2. The number of para-hydroxylation sites is 2. The van der Waals surface area contributed by atoms with Crippen LogP contribution in [0.1, 0.15) is 12.2 Å². The van der Waals surface area contributed by atoms with E-state index in [1.807, 2.05) is 30.3 Å². The number of rotatable bonds is 5. The van der Waals surface area contributed by atoms with Gasteiger partial charge >= 0.3 is 0 Å². The average molecular weight is 356 g/mol. The summed E-state index contributed by atoms with van der Waals surface area (Å²) in [6.45, 7) is 1.52. The van der Waals surface area contributed by atoms with E-state index in [9.17, 15) is 9.59 Å². The molecule has 2 amide bonds. The maximum absolute atomic E-state index is 12.4. The predicted octanol–water partition coefficient (Wildman–Crippen LogP) is 1.58. The number of ether oxygens (including phenoxy) is 2. The van der Waals surface area contributed by atoms with Crippen molar-refractivity contribution in [2.24, 2.45) is 5.92 Å². The molecule has 1 aromatic carbocycles. The van der Waals surface area contributed by atoms with Gasteiger partial charge in [-0.1, -0.05) is 12.1 Å². The van der Waals surface area contributed by atoms with Crippen LogP contribution in [-0.2, 0) is 16.1 Å². The molecule has 7 heteroatoms. The average Bonchev–Trinajstić information content (AvgIpc) is 3.30. The third-order valence-corrected chi connectivity index (χ3v) is 4.58. The highest BCUT2D eigenvalue weighted by Gasteiger charge is 2.35. The van der Waals surface area contributed by atoms with Crippen molar-refractivity contribution >= 4 is 11.8 Å². The van der Waals surface area contributed by atoms with Gasteiger partial charge in [0.1, 0.15) is 18.5 Å². The first kappa shape index (κ1) is 16.5. The Morgan fingerprint density at radius 1 is 1.19 bits per heavy atom. The number of likely N-dealkylation sites (tertiary alicyclic amines) is 1. The maximum Gasteiger partial charge on any atom is 0.225 e. The van der Waals surface area contributed by atoms with Crippen LogP contribution in [0.5, 0.6) is 11.5 Å². The lowest BCUT2D eigenvalue weighted by Crippen LogP contribution is -2.43. The Morgan fingerprint density at radius 2 is 2.04 bits per heavy atom. The van der Waals surface area contributed by atoms with Gasteiger partial charge < -0.3 is 24.1 Å². The molecule has 1 N–H and O–H groups in total. The molecule has 0 aliphatic carbocycles. The van der Waals surface area contributed by atoms with Crippen molar-refractivity contribution in [3.05, 3.63) is 48.4 Å². The number of benzene rings is 1. The van der Waals surface area contributed by atoms with Crippen molar-refractivity contribution in [1.29, 1.82) is 0 Å². The molecule has 1 saturated heterocycles. The fourth-order valence-corrected chi connectivity index (χ4v) is 3.21. The zero-order valence-corrected chi connectivity index (χ0v) is 14.2. The normalized spacial score (nSPS) is 21.7. The van der Waals surface area contributed by atoms with Crippen molar-refractivity contribution in [3.8, 4) is 11.5 Å². The van der Waals surface area contributed by atoms with Crippen molar-refractivity contribution in [1.82, 2.24) is 10.2 Å². The molecule has 136 valence electrons. The Hall–Kier alpha value is -2.96. The number of hydrogen-bond acceptors (Lipinski definition) is 5. The molecule has 1 aromatic heterocycles. The first-order chi connectivity index (χ1) is 12.7. The van der Waals surface area contributed by atoms with Gasteiger partial charge in [-0.3, -0.25) is 9.59 Å². The van der Waals surface area contributed by atoms with Crippen LogP contribution in [0, 0.1) is 5.92 Å². The van der Waals surface area contributed by atoms with Crippen molar-refractivity contribution in [2.75, 3.05) is 19.7 Å². The summed E-state index contributed by atoms with van der Waals surface area (Å²) in [5, 5.41) is 2.88. The summed E-state index contributed by atoms with van der Waals surface area (Å²) in [6.07, 6.45) is 1.55. The molecule has 26 heavy (non-hydrogen) atoms. The molecule has 3 heterocycles. The van der Waals surface area contributed by atoms with E-state index in [-0.39, 0.29) is 30.3 Å². The summed E-state index contributed by atoms with van der Waals surface area (Å²) in [7, 11) is 0. The smallest absolute Gasteiger partial charge is 0.225 e. The van der Waals surface area contributed by atoms with Crippen molar-refractivity contribution in [2.45, 2.75) is 19.1 Å². The van der Waals surface area contributed by atoms with Gasteiger partial charge in [-0.2, -0.15) is 0 Å². The fraction of sp³-hybridized carbons (Fsp3) is 0.368. The monoisotopic (exact) mass is 356 g/mol. The zero-order valence-electron chi connectivity index (χ0n) is 14.2. The molecular weight excluding hydrogens is 336 g/mol. The second-order valence-corrected chi connectivity index (χ2v) is 6.50. The highest BCUT2D eigenvalue weighted by atomic mass is 16.6. The van der Waals surface area contributed by atoms with Crippen LogP contribution >= 0.6 is 0 Å². The van der Waals surface area contributed by atoms with Crippen LogP contribution in [0.2, 0.25) is 0 Å². The molecule has 2 aromatic rings. The highest BCUT2D eigenvalue weighted by Crippen LogP contribution is 2.30. The van der Waals surface area contributed by atoms with Gasteiger partial charge in [0.25, 0.3) is 0 Å². The predicted molar refractivity (Wildman–Crippen MR) is 91.6 cm³/mol. The van der Waals surface area contributed by atoms with Crippen LogP contribution in [-0.4, -0.2) is 42.5 Å². The Kier molecular flexibility index (Phi) is 4.51. The molecule has 0 saturated carbocycles. The van der Waals surface area contributed by atoms with Gasteiger partial charge in [0.05, 0.1) is 25.3 Å². The van der Waals surface area contributed by atoms with Gasteiger partial charge in [-0.25, -0.2) is 0 Å². The molecule has 2 aliphatic heterocycles. The third kappa shape index (κ3) is 3.51. The molecule has 2 aliphatic rings. The number of hydrogen-bond donors (Lipinski definition) is 1. The van der Waals surface area contributed by atoms with E-state index in [1.54, 1.807) is 17.2 Å². The first-order valence-electron chi connectivity index (χ1n) is 8.65. The minimum atomic E-state index is -0.353. The quantitative estimate of drug-likeness (QED) is 0.880. The standard InChI is InChI=1S/C19H20N2O5/c22-18-8-13(10-21(18)11-14-4-3-7-24-14)19(23)20-9-15-12-25-16-5-1-2-6-17(16)26-15/h1-7,13,15H,8-12H2,(H,20,23). The van der Waals surface area contributed by atoms with E-state index in [1.165, 1.54) is 0 Å². The fourth-order valence-electron chi connectivity index (χ4n) is 3.21. The molecule has 4 rings (SSSR count). The lowest BCUT2D eigenvalue weighted by atomic mass is 10.1. The largest absolute Gasteiger partial charge is 0.486 e. The molecule has 0 bridgehead atoms. The Morgan fingerprint density at radius 3 is 2.85 bits per heavy atom. The summed E-state index contributed by atoms with van der Waals surface area (Å²) in [5.41, 5.74) is 0. The molecular formula is C19H20N2O5. The molecule has 2 unspecified atom stereocenters. The van der Waals surface area contributed by atoms with Crippen LogP contribution in [0.25, 0.3) is 0 Å². The van der Waals surface area contributed by atoms with Gasteiger partial charge in [0, 0.05) is 13.0 Å². The van der Waals surface area contributed by atoms with Crippen LogP contribution in [0.3, 0.4) is 0 Å². The summed E-state index contributed by atoms with van der Waals surface area (Å²) in [6, 6.07) is 11.0. The Balaban J connectivity index is 1.27. The van der Waals surface area contributed by atoms with Gasteiger partial charge in [0.15, 0.2) is 11.5 Å². The van der Waals surface area contributed by atoms with E-state index >= 15 is 0 Å². The zero-order chi connectivity index (χ0) is 17.9. The van der Waals surface area contributed by atoms with Crippen molar-refractivity contribution < 1.29 is 23.5 Å². The van der Waals surface area contributed by atoms with Crippen LogP contribution in [0.15, 0.2) is 47.1 Å². The van der Waals surface area contributed by atoms with Gasteiger partial charge in [-0.05, 0) is 24.3 Å². The summed E-state index contributed by atoms with van der Waals surface area (Å²) in [4.78, 5) is 26.2. The molecule has 1 fully saturated rings. The summed E-state index contributed by atoms with van der Waals surface area (Å²) >= 11 is 0. The Labute approximate surface area is 150 Å². The van der Waals surface area contributed by atoms with Crippen molar-refractivity contribution in [3.63, 3.8) is 0 Å². The second kappa shape index (κ2) is 7.11. The summed E-state index contributed by atoms with van der Waals surface area (Å²) in [5.74, 6) is 1.58. The molecule has 0 radical (unpaired) electrons. The van der Waals surface area contributed by atoms with E-state index < -0.39 is 0 Å². The number of carbonyl (C=O) groups excluding carboxylic acids is 2. The van der Waals surface area contributed by atoms with Crippen LogP contribution < -0.4 is 14.8 Å². The number of fused-ring (bicyclic) bond motifs is 1. The lowest BCUT2D eigenvalue weighted by molar-refractivity contribution is -0.129. The minimum absolute atomic E-state index is 0.0345. The topological polar surface area (TPSA) is 81.0 Å². The van der Waals surface area contributed by atoms with Crippen LogP contribution in [0.4, 0.5) is 0 Å². The highest BCUT2D eigenvalue weighted by molar-refractivity contribution is 5.89. The SMILES string of the molecule is O=C(NCC1COc2ccccc2O1)C1CC(=O)N(Cc2ccco2)C1. The lowest BCUT2D eigenvalue weighted by Gasteiger charge is -2.26. The Bertz CT molecular complexity index is 789. The second-order valence-electron chi connectivity index (χ2n) is 6.50. The summed E-state index contributed by atoms with van der Waals surface area (Å²) < 4.78 is 16.7. The molecule has 2 atom stereocenters. The molecule has 7 nitrogen and oxygen atoms in total. The van der Waals surface area contributed by atoms with Gasteiger partial charge in [0.2, 0.25) is 11.8 Å². The number of carbonyl (C=O) groups is 2. The number of nitrogens with zero attached hydrogens (tertiary/aromatic N) is 1. The third-order valence-electron chi connectivity index (χ3n) is 4.58. The number of furan rings is 1. The van der Waals surface area contributed by atoms with E-state index in [4.69, 9.17) is 13.9 Å². The number of nitrogens with one attached hydrogen (secondary N) is 1. The molecule has 0 spiro atoms. The maximum atomic E-state index is 12.4. The van der Waals surface area contributed by atoms with E-state index in [0.717, 1.165) is 0 Å². The van der Waals surface area contributed by atoms with Gasteiger partial charge in [-0.15, -0.1) is 0 Å². The first-order valence-corrected chi connectivity index (χ1v) is 8.65. The van der Waals surface area contributed by atoms with E-state index in [0.29, 0.717) is 43.5 Å². The van der Waals surface area contributed by atoms with E-state index in [2.05, 4.69) is 5.32 Å².